The van der Waals surface area contributed by atoms with Gasteiger partial charge < -0.3 is 9.84 Å². The molecule has 1 atom stereocenters. The molecule has 1 N–H and O–H groups in total. The van der Waals surface area contributed by atoms with Crippen LogP contribution in [0.2, 0.25) is 5.02 Å². The molecule has 0 aliphatic carbocycles. The van der Waals surface area contributed by atoms with Crippen molar-refractivity contribution in [3.8, 4) is 16.9 Å². The van der Waals surface area contributed by atoms with E-state index in [9.17, 15) is 28.4 Å². The number of halogens is 4. The molecule has 1 unspecified atom stereocenters. The van der Waals surface area contributed by atoms with Gasteiger partial charge >= 0.3 is 6.18 Å². The number of hydrogen-bond acceptors (Lipinski definition) is 5. The van der Waals surface area contributed by atoms with E-state index >= 15 is 0 Å². The van der Waals surface area contributed by atoms with Crippen molar-refractivity contribution in [2.24, 2.45) is 0 Å². The van der Waals surface area contributed by atoms with Crippen LogP contribution in [-0.4, -0.2) is 41.2 Å². The fraction of sp³-hybridized carbons (Fsp3) is 0.250. The molecule has 0 saturated carbocycles. The molecule has 0 aromatic heterocycles. The van der Waals surface area contributed by atoms with E-state index in [1.165, 1.54) is 36.4 Å². The summed E-state index contributed by atoms with van der Waals surface area (Å²) in [5, 5.41) is 20.9. The van der Waals surface area contributed by atoms with E-state index < -0.39 is 22.8 Å². The summed E-state index contributed by atoms with van der Waals surface area (Å²) in [5.41, 5.74) is 0.491. The zero-order chi connectivity index (χ0) is 24.9. The molecule has 0 saturated heterocycles. The third kappa shape index (κ3) is 6.93. The first-order chi connectivity index (χ1) is 16.0. The zero-order valence-electron chi connectivity index (χ0n) is 18.1. The number of hydrogen-bond donors (Lipinski definition) is 1. The van der Waals surface area contributed by atoms with E-state index in [-0.39, 0.29) is 29.4 Å². The van der Waals surface area contributed by atoms with Crippen LogP contribution >= 0.6 is 11.6 Å². The Morgan fingerprint density at radius 1 is 1.09 bits per heavy atom. The molecule has 6 nitrogen and oxygen atoms in total. The Hall–Kier alpha value is -3.14. The van der Waals surface area contributed by atoms with Crippen LogP contribution < -0.4 is 4.74 Å². The van der Waals surface area contributed by atoms with Crippen LogP contribution in [0, 0.1) is 10.1 Å². The number of likely N-dealkylation sites (N-methyl/N-ethyl adjacent to an activating group) is 1. The van der Waals surface area contributed by atoms with Gasteiger partial charge in [0.15, 0.2) is 0 Å². The first-order valence-electron chi connectivity index (χ1n) is 10.2. The number of rotatable bonds is 9. The van der Waals surface area contributed by atoms with Gasteiger partial charge in [-0.05, 0) is 48.0 Å². The van der Waals surface area contributed by atoms with Crippen LogP contribution in [0.25, 0.3) is 11.1 Å². The lowest BCUT2D eigenvalue weighted by molar-refractivity contribution is -0.384. The monoisotopic (exact) mass is 494 g/mol. The van der Waals surface area contributed by atoms with E-state index in [0.29, 0.717) is 17.9 Å². The molecule has 180 valence electrons. The Morgan fingerprint density at radius 3 is 2.32 bits per heavy atom. The SMILES string of the molecule is CN(Cc1ccc(-c2ccc(Cl)cc2C(F)(F)F)cc1)CC(O)COc1ccc([N+](=O)[O-])cc1. The summed E-state index contributed by atoms with van der Waals surface area (Å²) in [7, 11) is 1.80. The van der Waals surface area contributed by atoms with Crippen LogP contribution in [0.15, 0.2) is 66.7 Å². The number of nitro benzene ring substituents is 1. The van der Waals surface area contributed by atoms with Crippen molar-refractivity contribution in [2.45, 2.75) is 18.8 Å². The molecular weight excluding hydrogens is 473 g/mol. The summed E-state index contributed by atoms with van der Waals surface area (Å²) in [5.74, 6) is 0.406. The summed E-state index contributed by atoms with van der Waals surface area (Å²) >= 11 is 5.75. The average molecular weight is 495 g/mol. The van der Waals surface area contributed by atoms with Gasteiger partial charge in [0.1, 0.15) is 18.5 Å². The van der Waals surface area contributed by atoms with Gasteiger partial charge in [-0.25, -0.2) is 0 Å². The molecule has 3 rings (SSSR count). The van der Waals surface area contributed by atoms with Crippen molar-refractivity contribution in [1.29, 1.82) is 0 Å². The minimum atomic E-state index is -4.52. The summed E-state index contributed by atoms with van der Waals surface area (Å²) in [6.07, 6.45) is -5.34. The van der Waals surface area contributed by atoms with Gasteiger partial charge in [0, 0.05) is 30.2 Å². The molecule has 3 aromatic rings. The van der Waals surface area contributed by atoms with Crippen LogP contribution in [0.5, 0.6) is 5.75 Å². The van der Waals surface area contributed by atoms with E-state index in [1.807, 2.05) is 4.90 Å². The second-order valence-corrected chi connectivity index (χ2v) is 8.23. The van der Waals surface area contributed by atoms with E-state index in [2.05, 4.69) is 0 Å². The van der Waals surface area contributed by atoms with Crippen molar-refractivity contribution in [3.63, 3.8) is 0 Å². The highest BCUT2D eigenvalue weighted by molar-refractivity contribution is 6.30. The molecule has 0 spiro atoms. The molecule has 0 aliphatic heterocycles. The second kappa shape index (κ2) is 10.9. The predicted octanol–water partition coefficient (Wildman–Crippen LogP) is 5.81. The molecule has 0 bridgehead atoms. The third-order valence-electron chi connectivity index (χ3n) is 5.02. The molecule has 0 fully saturated rings. The fourth-order valence-corrected chi connectivity index (χ4v) is 3.61. The molecule has 3 aromatic carbocycles. The number of aliphatic hydroxyl groups excluding tert-OH is 1. The minimum Gasteiger partial charge on any atom is -0.491 e. The Morgan fingerprint density at radius 2 is 1.74 bits per heavy atom. The number of benzene rings is 3. The highest BCUT2D eigenvalue weighted by Gasteiger charge is 2.33. The smallest absolute Gasteiger partial charge is 0.417 e. The average Bonchev–Trinajstić information content (AvgIpc) is 2.78. The molecule has 0 radical (unpaired) electrons. The predicted molar refractivity (Wildman–Crippen MR) is 123 cm³/mol. The summed E-state index contributed by atoms with van der Waals surface area (Å²) in [6.45, 7) is 0.740. The lowest BCUT2D eigenvalue weighted by atomic mass is 9.98. The topological polar surface area (TPSA) is 75.8 Å². The van der Waals surface area contributed by atoms with Gasteiger partial charge in [0.05, 0.1) is 10.5 Å². The minimum absolute atomic E-state index is 0.00211. The van der Waals surface area contributed by atoms with E-state index in [4.69, 9.17) is 16.3 Å². The number of nitrogens with zero attached hydrogens (tertiary/aromatic N) is 2. The van der Waals surface area contributed by atoms with Gasteiger partial charge in [0.2, 0.25) is 0 Å². The number of nitro groups is 1. The van der Waals surface area contributed by atoms with Gasteiger partial charge in [-0.3, -0.25) is 15.0 Å². The van der Waals surface area contributed by atoms with Gasteiger partial charge in [0.25, 0.3) is 5.69 Å². The van der Waals surface area contributed by atoms with Crippen molar-refractivity contribution < 1.29 is 27.9 Å². The Balaban J connectivity index is 1.56. The highest BCUT2D eigenvalue weighted by Crippen LogP contribution is 2.38. The van der Waals surface area contributed by atoms with Crippen LogP contribution in [-0.2, 0) is 12.7 Å². The maximum absolute atomic E-state index is 13.4. The van der Waals surface area contributed by atoms with Crippen molar-refractivity contribution >= 4 is 17.3 Å². The van der Waals surface area contributed by atoms with Crippen molar-refractivity contribution in [2.75, 3.05) is 20.2 Å². The molecular formula is C24H22ClF3N2O4. The van der Waals surface area contributed by atoms with Crippen LogP contribution in [0.3, 0.4) is 0 Å². The first-order valence-corrected chi connectivity index (χ1v) is 10.6. The fourth-order valence-electron chi connectivity index (χ4n) is 3.44. The first kappa shape index (κ1) is 25.5. The van der Waals surface area contributed by atoms with E-state index in [0.717, 1.165) is 11.6 Å². The number of non-ortho nitro benzene ring substituents is 1. The van der Waals surface area contributed by atoms with Crippen molar-refractivity contribution in [1.82, 2.24) is 4.90 Å². The Kier molecular flexibility index (Phi) is 8.14. The van der Waals surface area contributed by atoms with Gasteiger partial charge in [-0.2, -0.15) is 13.2 Å². The molecule has 0 heterocycles. The standard InChI is InChI=1S/C24H22ClF3N2O4/c1-29(14-20(31)15-34-21-9-7-19(8-10-21)30(32)33)13-16-2-4-17(5-3-16)22-11-6-18(25)12-23(22)24(26,27)28/h2-12,20,31H,13-15H2,1H3. The highest BCUT2D eigenvalue weighted by atomic mass is 35.5. The van der Waals surface area contributed by atoms with E-state index in [1.54, 1.807) is 31.3 Å². The van der Waals surface area contributed by atoms with Gasteiger partial charge in [-0.15, -0.1) is 0 Å². The van der Waals surface area contributed by atoms with Crippen molar-refractivity contribution in [3.05, 3.63) is 93.0 Å². The number of aliphatic hydroxyl groups is 1. The molecule has 34 heavy (non-hydrogen) atoms. The largest absolute Gasteiger partial charge is 0.491 e. The van der Waals surface area contributed by atoms with Crippen LogP contribution in [0.4, 0.5) is 18.9 Å². The normalized spacial score (nSPS) is 12.6. The summed E-state index contributed by atoms with van der Waals surface area (Å²) in [4.78, 5) is 12.0. The quantitative estimate of drug-likeness (QED) is 0.300. The maximum atomic E-state index is 13.4. The Bertz CT molecular complexity index is 1120. The molecule has 10 heteroatoms. The third-order valence-corrected chi connectivity index (χ3v) is 5.25. The van der Waals surface area contributed by atoms with Crippen LogP contribution in [0.1, 0.15) is 11.1 Å². The van der Waals surface area contributed by atoms with Gasteiger partial charge in [-0.1, -0.05) is 41.9 Å². The number of alkyl halides is 3. The maximum Gasteiger partial charge on any atom is 0.417 e. The summed E-state index contributed by atoms with van der Waals surface area (Å²) in [6, 6.07) is 16.0. The lowest BCUT2D eigenvalue weighted by Crippen LogP contribution is -2.32. The molecule has 0 amide bonds. The number of ether oxygens (including phenoxy) is 1. The Labute approximate surface area is 199 Å². The molecule has 0 aliphatic rings. The summed E-state index contributed by atoms with van der Waals surface area (Å²) < 4.78 is 45.6. The second-order valence-electron chi connectivity index (χ2n) is 7.80. The lowest BCUT2D eigenvalue weighted by Gasteiger charge is -2.21. The zero-order valence-corrected chi connectivity index (χ0v) is 18.9.